The Morgan fingerprint density at radius 2 is 1.68 bits per heavy atom. The normalized spacial score (nSPS) is 13.1. The van der Waals surface area contributed by atoms with E-state index in [9.17, 15) is 9.59 Å². The monoisotopic (exact) mass is 289 g/mol. The zero-order chi connectivity index (χ0) is 13.7. The molecule has 2 atom stereocenters. The van der Waals surface area contributed by atoms with E-state index in [4.69, 9.17) is 15.3 Å². The Balaban J connectivity index is 0.00000324. The van der Waals surface area contributed by atoms with E-state index < -0.39 is 24.0 Å². The van der Waals surface area contributed by atoms with Crippen molar-refractivity contribution in [1.82, 2.24) is 5.32 Å². The van der Waals surface area contributed by atoms with Crippen molar-refractivity contribution in [2.45, 2.75) is 25.4 Å². The zero-order valence-electron chi connectivity index (χ0n) is 10.2. The Morgan fingerprint density at radius 1 is 1.16 bits per heavy atom. The second kappa shape index (κ2) is 7.60. The highest BCUT2D eigenvalue weighted by Gasteiger charge is 2.22. The number of carboxylic acid groups (broad SMARTS) is 2. The summed E-state index contributed by atoms with van der Waals surface area (Å²) in [6.45, 7) is 1.38. The van der Waals surface area contributed by atoms with Gasteiger partial charge in [0.1, 0.15) is 17.8 Å². The van der Waals surface area contributed by atoms with Gasteiger partial charge in [-0.2, -0.15) is 0 Å². The summed E-state index contributed by atoms with van der Waals surface area (Å²) in [6, 6.07) is 4.17. The van der Waals surface area contributed by atoms with E-state index in [1.165, 1.54) is 19.1 Å². The van der Waals surface area contributed by atoms with Crippen LogP contribution in [0.15, 0.2) is 24.3 Å². The van der Waals surface area contributed by atoms with Crippen LogP contribution in [0.4, 0.5) is 0 Å². The minimum atomic E-state index is -1.11. The number of carbonyl (C=O) groups is 2. The summed E-state index contributed by atoms with van der Waals surface area (Å²) in [6.07, 6.45) is 0.146. The first-order chi connectivity index (χ1) is 8.40. The summed E-state index contributed by atoms with van der Waals surface area (Å²) < 4.78 is 0. The predicted octanol–water partition coefficient (Wildman–Crippen LogP) is 0.872. The molecule has 0 aliphatic heterocycles. The summed E-state index contributed by atoms with van der Waals surface area (Å²) in [5, 5.41) is 29.4. The van der Waals surface area contributed by atoms with Crippen molar-refractivity contribution in [3.05, 3.63) is 29.8 Å². The van der Waals surface area contributed by atoms with Gasteiger partial charge in [0.25, 0.3) is 0 Å². The van der Waals surface area contributed by atoms with E-state index in [-0.39, 0.29) is 24.6 Å². The largest absolute Gasteiger partial charge is 0.508 e. The lowest BCUT2D eigenvalue weighted by Gasteiger charge is -2.17. The lowest BCUT2D eigenvalue weighted by atomic mass is 10.1. The lowest BCUT2D eigenvalue weighted by molar-refractivity contribution is -0.142. The van der Waals surface area contributed by atoms with Gasteiger partial charge in [-0.05, 0) is 31.0 Å². The first-order valence-electron chi connectivity index (χ1n) is 5.39. The van der Waals surface area contributed by atoms with Crippen LogP contribution in [-0.2, 0) is 16.0 Å². The van der Waals surface area contributed by atoms with Gasteiger partial charge in [-0.3, -0.25) is 14.9 Å². The molecule has 7 heteroatoms. The Bertz CT molecular complexity index is 434. The van der Waals surface area contributed by atoms with E-state index in [1.54, 1.807) is 12.1 Å². The van der Waals surface area contributed by atoms with Gasteiger partial charge >= 0.3 is 11.9 Å². The van der Waals surface area contributed by atoms with Gasteiger partial charge in [0.15, 0.2) is 0 Å². The average Bonchev–Trinajstić information content (AvgIpc) is 2.30. The molecule has 19 heavy (non-hydrogen) atoms. The SMILES string of the molecule is CC(N[C@@H](Cc1ccc(O)cc1)C(=O)O)C(=O)O.Cl. The van der Waals surface area contributed by atoms with Gasteiger partial charge in [-0.15, -0.1) is 12.4 Å². The highest BCUT2D eigenvalue weighted by atomic mass is 35.5. The minimum Gasteiger partial charge on any atom is -0.508 e. The molecule has 1 aromatic carbocycles. The standard InChI is InChI=1S/C12H15NO5.ClH/c1-7(11(15)16)13-10(12(17)18)6-8-2-4-9(14)5-3-8;/h2-5,7,10,13-14H,6H2,1H3,(H,15,16)(H,17,18);1H/t7?,10-;/m0./s1. The number of benzene rings is 1. The summed E-state index contributed by atoms with van der Waals surface area (Å²) in [4.78, 5) is 21.7. The van der Waals surface area contributed by atoms with Crippen LogP contribution in [0.2, 0.25) is 0 Å². The van der Waals surface area contributed by atoms with E-state index in [2.05, 4.69) is 5.32 Å². The Morgan fingerprint density at radius 3 is 2.11 bits per heavy atom. The van der Waals surface area contributed by atoms with Crippen molar-refractivity contribution in [1.29, 1.82) is 0 Å². The lowest BCUT2D eigenvalue weighted by Crippen LogP contribution is -2.46. The Hall–Kier alpha value is -1.79. The van der Waals surface area contributed by atoms with Crippen LogP contribution < -0.4 is 5.32 Å². The molecule has 4 N–H and O–H groups in total. The van der Waals surface area contributed by atoms with E-state index in [0.29, 0.717) is 5.56 Å². The van der Waals surface area contributed by atoms with E-state index in [0.717, 1.165) is 0 Å². The number of phenolic OH excluding ortho intramolecular Hbond substituents is 1. The third kappa shape index (κ3) is 5.58. The predicted molar refractivity (Wildman–Crippen MR) is 70.7 cm³/mol. The molecule has 1 aromatic rings. The van der Waals surface area contributed by atoms with Crippen molar-refractivity contribution in [2.24, 2.45) is 0 Å². The van der Waals surface area contributed by atoms with Crippen molar-refractivity contribution in [3.63, 3.8) is 0 Å². The molecule has 0 heterocycles. The first kappa shape index (κ1) is 17.2. The number of halogens is 1. The molecule has 106 valence electrons. The van der Waals surface area contributed by atoms with Gasteiger partial charge < -0.3 is 15.3 Å². The number of rotatable bonds is 6. The van der Waals surface area contributed by atoms with Gasteiger partial charge in [0.05, 0.1) is 0 Å². The maximum atomic E-state index is 11.0. The fraction of sp³-hybridized carbons (Fsp3) is 0.333. The Labute approximate surface area is 116 Å². The van der Waals surface area contributed by atoms with Gasteiger partial charge in [0, 0.05) is 0 Å². The third-order valence-corrected chi connectivity index (χ3v) is 2.50. The molecule has 0 fully saturated rings. The quantitative estimate of drug-likeness (QED) is 0.619. The Kier molecular flexibility index (Phi) is 6.89. The average molecular weight is 290 g/mol. The number of carboxylic acids is 2. The number of hydrogen-bond donors (Lipinski definition) is 4. The first-order valence-corrected chi connectivity index (χ1v) is 5.39. The summed E-state index contributed by atoms with van der Waals surface area (Å²) in [7, 11) is 0. The minimum absolute atomic E-state index is 0. The van der Waals surface area contributed by atoms with Crippen LogP contribution in [0.1, 0.15) is 12.5 Å². The van der Waals surface area contributed by atoms with Gasteiger partial charge in [-0.25, -0.2) is 0 Å². The smallest absolute Gasteiger partial charge is 0.321 e. The van der Waals surface area contributed by atoms with Gasteiger partial charge in [-0.1, -0.05) is 12.1 Å². The van der Waals surface area contributed by atoms with Crippen molar-refractivity contribution in [3.8, 4) is 5.75 Å². The second-order valence-corrected chi connectivity index (χ2v) is 3.99. The molecule has 0 amide bonds. The maximum absolute atomic E-state index is 11.0. The number of aromatic hydroxyl groups is 1. The molecule has 1 rings (SSSR count). The molecule has 0 radical (unpaired) electrons. The molecule has 0 aliphatic rings. The van der Waals surface area contributed by atoms with E-state index in [1.807, 2.05) is 0 Å². The molecule has 0 saturated heterocycles. The summed E-state index contributed by atoms with van der Waals surface area (Å²) in [5.41, 5.74) is 0.699. The van der Waals surface area contributed by atoms with Crippen LogP contribution in [0.5, 0.6) is 5.75 Å². The second-order valence-electron chi connectivity index (χ2n) is 3.99. The molecule has 0 aliphatic carbocycles. The number of phenols is 1. The number of hydrogen-bond acceptors (Lipinski definition) is 4. The number of aliphatic carboxylic acids is 2. The highest BCUT2D eigenvalue weighted by molar-refractivity contribution is 5.85. The fourth-order valence-corrected chi connectivity index (χ4v) is 1.46. The van der Waals surface area contributed by atoms with Crippen molar-refractivity contribution in [2.75, 3.05) is 0 Å². The molecular weight excluding hydrogens is 274 g/mol. The van der Waals surface area contributed by atoms with Crippen LogP contribution in [0, 0.1) is 0 Å². The van der Waals surface area contributed by atoms with Crippen molar-refractivity contribution < 1.29 is 24.9 Å². The van der Waals surface area contributed by atoms with Crippen LogP contribution in [0.25, 0.3) is 0 Å². The van der Waals surface area contributed by atoms with E-state index >= 15 is 0 Å². The highest BCUT2D eigenvalue weighted by Crippen LogP contribution is 2.11. The number of nitrogens with one attached hydrogen (secondary N) is 1. The third-order valence-electron chi connectivity index (χ3n) is 2.50. The summed E-state index contributed by atoms with van der Waals surface area (Å²) >= 11 is 0. The zero-order valence-corrected chi connectivity index (χ0v) is 11.1. The van der Waals surface area contributed by atoms with Crippen LogP contribution in [-0.4, -0.2) is 39.3 Å². The molecule has 1 unspecified atom stereocenters. The molecule has 0 saturated carbocycles. The molecule has 0 spiro atoms. The topological polar surface area (TPSA) is 107 Å². The van der Waals surface area contributed by atoms with Crippen LogP contribution >= 0.6 is 12.4 Å². The molecular formula is C12H16ClNO5. The molecule has 0 aromatic heterocycles. The molecule has 6 nitrogen and oxygen atoms in total. The maximum Gasteiger partial charge on any atom is 0.321 e. The molecule has 0 bridgehead atoms. The summed E-state index contributed by atoms with van der Waals surface area (Å²) in [5.74, 6) is -2.12. The van der Waals surface area contributed by atoms with Crippen molar-refractivity contribution >= 4 is 24.3 Å². The van der Waals surface area contributed by atoms with Gasteiger partial charge in [0.2, 0.25) is 0 Å². The fourth-order valence-electron chi connectivity index (χ4n) is 1.46. The van der Waals surface area contributed by atoms with Crippen LogP contribution in [0.3, 0.4) is 0 Å².